The highest BCUT2D eigenvalue weighted by atomic mass is 19.4. The number of carboxylic acid groups (broad SMARTS) is 2. The fraction of sp³-hybridized carbons (Fsp3) is 0.652. The first-order valence-electron chi connectivity index (χ1n) is 11.1. The molecule has 184 valence electrons. The van der Waals surface area contributed by atoms with Crippen LogP contribution in [0.3, 0.4) is 0 Å². The van der Waals surface area contributed by atoms with Gasteiger partial charge < -0.3 is 20.3 Å². The second kappa shape index (κ2) is 18.3. The highest BCUT2D eigenvalue weighted by Crippen LogP contribution is 2.16. The minimum atomic E-state index is -5.08. The highest BCUT2D eigenvalue weighted by molar-refractivity contribution is 5.73. The molecular formula is C23H36F3NO5. The fourth-order valence-electron chi connectivity index (χ4n) is 2.78. The Morgan fingerprint density at radius 2 is 1.59 bits per heavy atom. The van der Waals surface area contributed by atoms with E-state index in [9.17, 15) is 18.0 Å². The maximum atomic E-state index is 10.6. The standard InChI is InChI=1S/C21H35NO3.C2HF3O2/c1-2-3-4-5-6-7-8-17-25-20-13-9-11-19(18-20)12-10-15-22-16-14-21(23)24;3-2(4,5)1(6)7/h9,11,13,18,22H,2-8,10,12,14-17H2,1H3,(H,23,24);(H,6,7). The Balaban J connectivity index is 0.00000118. The molecule has 0 unspecified atom stereocenters. The molecule has 0 aliphatic carbocycles. The Kier molecular flexibility index (Phi) is 17.0. The Morgan fingerprint density at radius 1 is 0.969 bits per heavy atom. The van der Waals surface area contributed by atoms with E-state index in [1.54, 1.807) is 0 Å². The molecule has 1 rings (SSSR count). The molecule has 0 fully saturated rings. The van der Waals surface area contributed by atoms with Gasteiger partial charge in [-0.15, -0.1) is 0 Å². The van der Waals surface area contributed by atoms with Gasteiger partial charge in [0.2, 0.25) is 0 Å². The molecule has 6 nitrogen and oxygen atoms in total. The number of hydrogen-bond donors (Lipinski definition) is 3. The van der Waals surface area contributed by atoms with Gasteiger partial charge in [0.05, 0.1) is 13.0 Å². The number of unbranched alkanes of at least 4 members (excludes halogenated alkanes) is 6. The summed E-state index contributed by atoms with van der Waals surface area (Å²) in [4.78, 5) is 19.3. The summed E-state index contributed by atoms with van der Waals surface area (Å²) >= 11 is 0. The first-order valence-corrected chi connectivity index (χ1v) is 11.1. The molecule has 3 N–H and O–H groups in total. The summed E-state index contributed by atoms with van der Waals surface area (Å²) in [6, 6.07) is 8.32. The third kappa shape index (κ3) is 18.5. The number of ether oxygens (including phenoxy) is 1. The number of alkyl halides is 3. The van der Waals surface area contributed by atoms with Crippen LogP contribution in [0.5, 0.6) is 5.75 Å². The van der Waals surface area contributed by atoms with E-state index in [4.69, 9.17) is 19.7 Å². The third-order valence-electron chi connectivity index (χ3n) is 4.49. The molecular weight excluding hydrogens is 427 g/mol. The third-order valence-corrected chi connectivity index (χ3v) is 4.49. The molecule has 9 heteroatoms. The molecule has 1 aromatic rings. The Labute approximate surface area is 188 Å². The topological polar surface area (TPSA) is 95.9 Å². The summed E-state index contributed by atoms with van der Waals surface area (Å²) in [7, 11) is 0. The maximum Gasteiger partial charge on any atom is 0.490 e. The van der Waals surface area contributed by atoms with Gasteiger partial charge in [-0.1, -0.05) is 57.6 Å². The number of aliphatic carboxylic acids is 2. The number of carboxylic acids is 2. The van der Waals surface area contributed by atoms with Crippen molar-refractivity contribution in [2.45, 2.75) is 77.3 Å². The number of halogens is 3. The van der Waals surface area contributed by atoms with E-state index in [-0.39, 0.29) is 6.42 Å². The van der Waals surface area contributed by atoms with Gasteiger partial charge in [-0.05, 0) is 43.5 Å². The van der Waals surface area contributed by atoms with Gasteiger partial charge >= 0.3 is 18.1 Å². The first-order chi connectivity index (χ1) is 15.2. The lowest BCUT2D eigenvalue weighted by Gasteiger charge is -2.08. The van der Waals surface area contributed by atoms with Crippen molar-refractivity contribution >= 4 is 11.9 Å². The molecule has 0 aromatic heterocycles. The van der Waals surface area contributed by atoms with E-state index in [1.165, 1.54) is 44.1 Å². The van der Waals surface area contributed by atoms with Crippen molar-refractivity contribution in [2.24, 2.45) is 0 Å². The van der Waals surface area contributed by atoms with Crippen LogP contribution in [-0.2, 0) is 16.0 Å². The van der Waals surface area contributed by atoms with Gasteiger partial charge in [-0.25, -0.2) is 4.79 Å². The lowest BCUT2D eigenvalue weighted by molar-refractivity contribution is -0.192. The van der Waals surface area contributed by atoms with Crippen LogP contribution >= 0.6 is 0 Å². The molecule has 0 amide bonds. The SMILES string of the molecule is CCCCCCCCCOc1cccc(CCCNCCC(=O)O)c1.O=C(O)C(F)(F)F. The van der Waals surface area contributed by atoms with Gasteiger partial charge in [0.1, 0.15) is 5.75 Å². The quantitative estimate of drug-likeness (QED) is 0.282. The van der Waals surface area contributed by atoms with Crippen LogP contribution in [0, 0.1) is 0 Å². The van der Waals surface area contributed by atoms with E-state index in [0.29, 0.717) is 6.54 Å². The molecule has 0 atom stereocenters. The number of nitrogens with one attached hydrogen (secondary N) is 1. The predicted octanol–water partition coefficient (Wildman–Crippen LogP) is 5.45. The summed E-state index contributed by atoms with van der Waals surface area (Å²) < 4.78 is 37.6. The van der Waals surface area contributed by atoms with Gasteiger partial charge in [-0.2, -0.15) is 13.2 Å². The zero-order chi connectivity index (χ0) is 24.2. The fourth-order valence-corrected chi connectivity index (χ4v) is 2.78. The summed E-state index contributed by atoms with van der Waals surface area (Å²) in [5.41, 5.74) is 1.28. The smallest absolute Gasteiger partial charge is 0.490 e. The van der Waals surface area contributed by atoms with E-state index in [0.717, 1.165) is 38.2 Å². The second-order valence-electron chi connectivity index (χ2n) is 7.42. The van der Waals surface area contributed by atoms with Crippen LogP contribution in [0.25, 0.3) is 0 Å². The van der Waals surface area contributed by atoms with Crippen molar-refractivity contribution in [1.82, 2.24) is 5.32 Å². The largest absolute Gasteiger partial charge is 0.494 e. The lowest BCUT2D eigenvalue weighted by atomic mass is 10.1. The molecule has 0 saturated carbocycles. The number of aryl methyl sites for hydroxylation is 1. The minimum absolute atomic E-state index is 0.182. The maximum absolute atomic E-state index is 10.6. The monoisotopic (exact) mass is 463 g/mol. The first kappa shape index (κ1) is 29.7. The second-order valence-corrected chi connectivity index (χ2v) is 7.42. The summed E-state index contributed by atoms with van der Waals surface area (Å²) in [5.74, 6) is -2.55. The van der Waals surface area contributed by atoms with Crippen molar-refractivity contribution < 1.29 is 37.7 Å². The van der Waals surface area contributed by atoms with Crippen LogP contribution in [0.4, 0.5) is 13.2 Å². The molecule has 0 spiro atoms. The van der Waals surface area contributed by atoms with E-state index in [1.807, 2.05) is 12.1 Å². The highest BCUT2D eigenvalue weighted by Gasteiger charge is 2.38. The van der Waals surface area contributed by atoms with Crippen LogP contribution in [0.15, 0.2) is 24.3 Å². The average molecular weight is 464 g/mol. The lowest BCUT2D eigenvalue weighted by Crippen LogP contribution is -2.21. The van der Waals surface area contributed by atoms with Crippen LogP contribution < -0.4 is 10.1 Å². The summed E-state index contributed by atoms with van der Waals surface area (Å²) in [5, 5.41) is 18.9. The predicted molar refractivity (Wildman–Crippen MR) is 117 cm³/mol. The minimum Gasteiger partial charge on any atom is -0.494 e. The van der Waals surface area contributed by atoms with Crippen LogP contribution in [0.2, 0.25) is 0 Å². The molecule has 1 aromatic carbocycles. The number of benzene rings is 1. The van der Waals surface area contributed by atoms with Gasteiger partial charge in [-0.3, -0.25) is 4.79 Å². The van der Waals surface area contributed by atoms with E-state index < -0.39 is 18.1 Å². The van der Waals surface area contributed by atoms with E-state index >= 15 is 0 Å². The van der Waals surface area contributed by atoms with Gasteiger partial charge in [0, 0.05) is 6.54 Å². The Morgan fingerprint density at radius 3 is 2.19 bits per heavy atom. The zero-order valence-corrected chi connectivity index (χ0v) is 18.8. The molecule has 0 aliphatic heterocycles. The molecule has 32 heavy (non-hydrogen) atoms. The molecule has 0 radical (unpaired) electrons. The van der Waals surface area contributed by atoms with E-state index in [2.05, 4.69) is 24.4 Å². The zero-order valence-electron chi connectivity index (χ0n) is 18.8. The van der Waals surface area contributed by atoms with Crippen LogP contribution in [-0.4, -0.2) is 48.0 Å². The van der Waals surface area contributed by atoms with Crippen molar-refractivity contribution in [3.8, 4) is 5.75 Å². The Bertz CT molecular complexity index is 638. The van der Waals surface area contributed by atoms with Crippen LogP contribution in [0.1, 0.15) is 70.3 Å². The molecule has 0 saturated heterocycles. The number of hydrogen-bond acceptors (Lipinski definition) is 4. The summed E-state index contributed by atoms with van der Waals surface area (Å²) in [6.07, 6.45) is 6.16. The molecule has 0 heterocycles. The van der Waals surface area contributed by atoms with Crippen molar-refractivity contribution in [2.75, 3.05) is 19.7 Å². The Hall–Kier alpha value is -2.29. The summed E-state index contributed by atoms with van der Waals surface area (Å²) in [6.45, 7) is 4.43. The van der Waals surface area contributed by atoms with Gasteiger partial charge in [0.15, 0.2) is 0 Å². The van der Waals surface area contributed by atoms with Crippen molar-refractivity contribution in [3.63, 3.8) is 0 Å². The molecule has 0 bridgehead atoms. The van der Waals surface area contributed by atoms with Crippen molar-refractivity contribution in [1.29, 1.82) is 0 Å². The van der Waals surface area contributed by atoms with Gasteiger partial charge in [0.25, 0.3) is 0 Å². The normalized spacial score (nSPS) is 10.9. The van der Waals surface area contributed by atoms with Crippen molar-refractivity contribution in [3.05, 3.63) is 29.8 Å². The molecule has 0 aliphatic rings. The number of rotatable bonds is 16. The average Bonchev–Trinajstić information content (AvgIpc) is 2.72. The number of carbonyl (C=O) groups is 2.